The molecule has 0 aromatic heterocycles. The van der Waals surface area contributed by atoms with Crippen LogP contribution in [0.4, 0.5) is 10.1 Å². The summed E-state index contributed by atoms with van der Waals surface area (Å²) in [6, 6.07) is 7.40. The van der Waals surface area contributed by atoms with Crippen molar-refractivity contribution in [3.63, 3.8) is 0 Å². The Labute approximate surface area is 130 Å². The average molecular weight is 355 g/mol. The first-order chi connectivity index (χ1) is 9.28. The number of rotatable bonds is 3. The highest BCUT2D eigenvalue weighted by Crippen LogP contribution is 2.25. The fourth-order valence-electron chi connectivity index (χ4n) is 1.46. The standard InChI is InChI=1S/C12H7Cl3FNO2S/c13-7-3-8(14)5-10(4-7)20(18,19)17-9-1-2-12(16)11(15)6-9/h1-6,17H. The number of sulfonamides is 1. The molecule has 0 bridgehead atoms. The minimum atomic E-state index is -3.89. The zero-order chi connectivity index (χ0) is 14.9. The fourth-order valence-corrected chi connectivity index (χ4v) is 3.41. The Morgan fingerprint density at radius 1 is 0.950 bits per heavy atom. The third-order valence-electron chi connectivity index (χ3n) is 2.32. The van der Waals surface area contributed by atoms with E-state index in [0.29, 0.717) is 0 Å². The van der Waals surface area contributed by atoms with Crippen LogP contribution in [-0.2, 0) is 10.0 Å². The highest BCUT2D eigenvalue weighted by Gasteiger charge is 2.16. The van der Waals surface area contributed by atoms with Gasteiger partial charge in [-0.2, -0.15) is 0 Å². The van der Waals surface area contributed by atoms with Crippen LogP contribution >= 0.6 is 34.8 Å². The molecule has 0 saturated carbocycles. The van der Waals surface area contributed by atoms with E-state index in [1.807, 2.05) is 0 Å². The summed E-state index contributed by atoms with van der Waals surface area (Å²) in [5.74, 6) is -0.639. The molecule has 2 aromatic carbocycles. The predicted octanol–water partition coefficient (Wildman–Crippen LogP) is 4.59. The Bertz CT molecular complexity index is 745. The van der Waals surface area contributed by atoms with Crippen LogP contribution < -0.4 is 4.72 Å². The Kier molecular flexibility index (Phi) is 4.44. The van der Waals surface area contributed by atoms with Gasteiger partial charge in [0.25, 0.3) is 10.0 Å². The Morgan fingerprint density at radius 3 is 2.10 bits per heavy atom. The number of halogens is 4. The Morgan fingerprint density at radius 2 is 1.55 bits per heavy atom. The second kappa shape index (κ2) is 5.77. The molecule has 0 heterocycles. The van der Waals surface area contributed by atoms with Crippen molar-refractivity contribution in [2.75, 3.05) is 4.72 Å². The molecule has 0 radical (unpaired) electrons. The van der Waals surface area contributed by atoms with Gasteiger partial charge in [0.15, 0.2) is 0 Å². The van der Waals surface area contributed by atoms with E-state index in [9.17, 15) is 12.8 Å². The summed E-state index contributed by atoms with van der Waals surface area (Å²) in [4.78, 5) is -0.101. The fraction of sp³-hybridized carbons (Fsp3) is 0. The zero-order valence-electron chi connectivity index (χ0n) is 9.70. The van der Waals surface area contributed by atoms with Gasteiger partial charge in [0, 0.05) is 10.0 Å². The highest BCUT2D eigenvalue weighted by molar-refractivity contribution is 7.92. The van der Waals surface area contributed by atoms with Crippen molar-refractivity contribution in [2.24, 2.45) is 0 Å². The molecule has 0 spiro atoms. The quantitative estimate of drug-likeness (QED) is 0.876. The van der Waals surface area contributed by atoms with Gasteiger partial charge in [0.05, 0.1) is 15.6 Å². The maximum absolute atomic E-state index is 13.0. The van der Waals surface area contributed by atoms with E-state index < -0.39 is 15.8 Å². The van der Waals surface area contributed by atoms with Crippen molar-refractivity contribution in [3.05, 3.63) is 57.3 Å². The first-order valence-corrected chi connectivity index (χ1v) is 7.83. The molecule has 20 heavy (non-hydrogen) atoms. The van der Waals surface area contributed by atoms with Crippen LogP contribution in [0.2, 0.25) is 15.1 Å². The summed E-state index contributed by atoms with van der Waals surface area (Å²) in [6.45, 7) is 0. The summed E-state index contributed by atoms with van der Waals surface area (Å²) in [7, 11) is -3.89. The lowest BCUT2D eigenvalue weighted by atomic mass is 10.3. The first kappa shape index (κ1) is 15.4. The average Bonchev–Trinajstić information content (AvgIpc) is 2.32. The van der Waals surface area contributed by atoms with Crippen LogP contribution in [0.5, 0.6) is 0 Å². The number of benzene rings is 2. The van der Waals surface area contributed by atoms with E-state index in [4.69, 9.17) is 34.8 Å². The van der Waals surface area contributed by atoms with Crippen molar-refractivity contribution in [1.82, 2.24) is 0 Å². The Balaban J connectivity index is 2.37. The van der Waals surface area contributed by atoms with Crippen LogP contribution in [0.15, 0.2) is 41.3 Å². The molecule has 1 N–H and O–H groups in total. The van der Waals surface area contributed by atoms with Crippen molar-refractivity contribution >= 4 is 50.5 Å². The SMILES string of the molecule is O=S(=O)(Nc1ccc(F)c(Cl)c1)c1cc(Cl)cc(Cl)c1. The third kappa shape index (κ3) is 3.55. The van der Waals surface area contributed by atoms with E-state index in [1.165, 1.54) is 30.3 Å². The predicted molar refractivity (Wildman–Crippen MR) is 78.7 cm³/mol. The number of nitrogens with one attached hydrogen (secondary N) is 1. The van der Waals surface area contributed by atoms with Crippen molar-refractivity contribution in [3.8, 4) is 0 Å². The zero-order valence-corrected chi connectivity index (χ0v) is 12.8. The molecular weight excluding hydrogens is 348 g/mol. The summed E-state index contributed by atoms with van der Waals surface area (Å²) in [5, 5.41) is 0.194. The minimum absolute atomic E-state index is 0.101. The minimum Gasteiger partial charge on any atom is -0.280 e. The van der Waals surface area contributed by atoms with Gasteiger partial charge in [-0.3, -0.25) is 4.72 Å². The molecule has 0 fully saturated rings. The van der Waals surface area contributed by atoms with Crippen LogP contribution in [0.1, 0.15) is 0 Å². The molecule has 0 atom stereocenters. The summed E-state index contributed by atoms with van der Waals surface area (Å²) >= 11 is 17.1. The summed E-state index contributed by atoms with van der Waals surface area (Å²) in [5.41, 5.74) is 0.132. The molecule has 8 heteroatoms. The van der Waals surface area contributed by atoms with Gasteiger partial charge in [-0.25, -0.2) is 12.8 Å². The van der Waals surface area contributed by atoms with Crippen LogP contribution in [0.25, 0.3) is 0 Å². The van der Waals surface area contributed by atoms with Crippen molar-refractivity contribution in [1.29, 1.82) is 0 Å². The molecule has 2 aromatic rings. The molecule has 0 aliphatic carbocycles. The largest absolute Gasteiger partial charge is 0.280 e. The molecule has 0 unspecified atom stereocenters. The lowest BCUT2D eigenvalue weighted by molar-refractivity contribution is 0.601. The number of anilines is 1. The van der Waals surface area contributed by atoms with Crippen LogP contribution in [0, 0.1) is 5.82 Å². The highest BCUT2D eigenvalue weighted by atomic mass is 35.5. The monoisotopic (exact) mass is 353 g/mol. The van der Waals surface area contributed by atoms with E-state index in [1.54, 1.807) is 0 Å². The normalized spacial score (nSPS) is 11.4. The van der Waals surface area contributed by atoms with Gasteiger partial charge >= 0.3 is 0 Å². The first-order valence-electron chi connectivity index (χ1n) is 5.22. The second-order valence-corrected chi connectivity index (χ2v) is 6.80. The smallest absolute Gasteiger partial charge is 0.261 e. The Hall–Kier alpha value is -1.01. The van der Waals surface area contributed by atoms with Crippen LogP contribution in [-0.4, -0.2) is 8.42 Å². The lowest BCUT2D eigenvalue weighted by Gasteiger charge is -2.09. The van der Waals surface area contributed by atoms with Gasteiger partial charge in [-0.1, -0.05) is 34.8 Å². The van der Waals surface area contributed by atoms with Crippen LogP contribution in [0.3, 0.4) is 0 Å². The third-order valence-corrected chi connectivity index (χ3v) is 4.41. The molecule has 0 aliphatic rings. The molecular formula is C12H7Cl3FNO2S. The molecule has 0 amide bonds. The van der Waals surface area contributed by atoms with Gasteiger partial charge in [-0.05, 0) is 36.4 Å². The molecule has 0 saturated heterocycles. The summed E-state index contributed by atoms with van der Waals surface area (Å²) < 4.78 is 39.6. The maximum atomic E-state index is 13.0. The van der Waals surface area contributed by atoms with E-state index in [0.717, 1.165) is 6.07 Å². The second-order valence-electron chi connectivity index (χ2n) is 3.84. The molecule has 2 rings (SSSR count). The van der Waals surface area contributed by atoms with Gasteiger partial charge in [0.1, 0.15) is 5.82 Å². The molecule has 0 aliphatic heterocycles. The van der Waals surface area contributed by atoms with Crippen molar-refractivity contribution < 1.29 is 12.8 Å². The topological polar surface area (TPSA) is 46.2 Å². The number of hydrogen-bond donors (Lipinski definition) is 1. The maximum Gasteiger partial charge on any atom is 0.261 e. The lowest BCUT2D eigenvalue weighted by Crippen LogP contribution is -2.13. The van der Waals surface area contributed by atoms with Crippen molar-refractivity contribution in [2.45, 2.75) is 4.90 Å². The van der Waals surface area contributed by atoms with Gasteiger partial charge in [0.2, 0.25) is 0 Å². The van der Waals surface area contributed by atoms with Gasteiger partial charge < -0.3 is 0 Å². The summed E-state index contributed by atoms with van der Waals surface area (Å²) in [6.07, 6.45) is 0. The van der Waals surface area contributed by atoms with E-state index >= 15 is 0 Å². The molecule has 3 nitrogen and oxygen atoms in total. The molecule has 106 valence electrons. The van der Waals surface area contributed by atoms with E-state index in [2.05, 4.69) is 4.72 Å². The van der Waals surface area contributed by atoms with E-state index in [-0.39, 0.29) is 25.7 Å². The number of hydrogen-bond acceptors (Lipinski definition) is 2. The van der Waals surface area contributed by atoms with Gasteiger partial charge in [-0.15, -0.1) is 0 Å².